The van der Waals surface area contributed by atoms with Gasteiger partial charge < -0.3 is 9.47 Å². The number of rotatable bonds is 1. The van der Waals surface area contributed by atoms with Crippen molar-refractivity contribution in [3.8, 4) is 0 Å². The number of ether oxygens (including phenoxy) is 2. The topological polar surface area (TPSA) is 69.7 Å². The first-order chi connectivity index (χ1) is 6.10. The summed E-state index contributed by atoms with van der Waals surface area (Å²) in [5, 5.41) is 0. The highest BCUT2D eigenvalue weighted by atomic mass is 16.6. The quantitative estimate of drug-likeness (QED) is 0.332. The first-order valence-electron chi connectivity index (χ1n) is 3.54. The van der Waals surface area contributed by atoms with Crippen LogP contribution in [0, 0.1) is 0 Å². The van der Waals surface area contributed by atoms with Gasteiger partial charge in [0.15, 0.2) is 0 Å². The molecule has 1 fully saturated rings. The zero-order valence-electron chi connectivity index (χ0n) is 7.24. The minimum atomic E-state index is -0.398. The van der Waals surface area contributed by atoms with Crippen LogP contribution >= 0.6 is 0 Å². The molecule has 0 aromatic heterocycles. The fourth-order valence-corrected chi connectivity index (χ4v) is 0.516. The molecule has 13 heavy (non-hydrogen) atoms. The van der Waals surface area contributed by atoms with Crippen molar-refractivity contribution < 1.29 is 23.9 Å². The lowest BCUT2D eigenvalue weighted by molar-refractivity contribution is -0.152. The van der Waals surface area contributed by atoms with Crippen molar-refractivity contribution in [1.82, 2.24) is 0 Å². The lowest BCUT2D eigenvalue weighted by Crippen LogP contribution is -1.94. The summed E-state index contributed by atoms with van der Waals surface area (Å²) < 4.78 is 8.23. The zero-order chi connectivity index (χ0) is 10.3. The molecule has 0 radical (unpaired) electrons. The highest BCUT2D eigenvalue weighted by Gasteiger charge is 2.19. The van der Waals surface area contributed by atoms with E-state index in [2.05, 4.69) is 16.1 Å². The number of hydrogen-bond donors (Lipinski definition) is 0. The highest BCUT2D eigenvalue weighted by Crippen LogP contribution is 2.03. The first kappa shape index (κ1) is 11.4. The van der Waals surface area contributed by atoms with E-state index < -0.39 is 17.9 Å². The Balaban J connectivity index is 0.000000226. The van der Waals surface area contributed by atoms with E-state index >= 15 is 0 Å². The van der Waals surface area contributed by atoms with Crippen LogP contribution in [0.5, 0.6) is 0 Å². The minimum absolute atomic E-state index is 0.263. The summed E-state index contributed by atoms with van der Waals surface area (Å²) in [5.41, 5.74) is 0. The standard InChI is InChI=1S/C4H4O3.C4H6O2/c5-3-1-2-4(6)7-3;1-3-4(5)6-2/h1-2H2;3H,1H2,2H3. The van der Waals surface area contributed by atoms with Gasteiger partial charge in [-0.2, -0.15) is 0 Å². The van der Waals surface area contributed by atoms with Crippen LogP contribution in [0.25, 0.3) is 0 Å². The van der Waals surface area contributed by atoms with E-state index in [4.69, 9.17) is 0 Å². The average Bonchev–Trinajstić information content (AvgIpc) is 2.49. The average molecular weight is 186 g/mol. The lowest BCUT2D eigenvalue weighted by Gasteiger charge is -1.83. The molecule has 0 amide bonds. The molecule has 0 unspecified atom stereocenters. The molecular weight excluding hydrogens is 176 g/mol. The molecule has 0 saturated carbocycles. The summed E-state index contributed by atoms with van der Waals surface area (Å²) in [7, 11) is 1.31. The maximum atomic E-state index is 10.0. The maximum Gasteiger partial charge on any atom is 0.329 e. The van der Waals surface area contributed by atoms with Crippen LogP contribution in [0.3, 0.4) is 0 Å². The van der Waals surface area contributed by atoms with Gasteiger partial charge >= 0.3 is 17.9 Å². The fourth-order valence-electron chi connectivity index (χ4n) is 0.516. The van der Waals surface area contributed by atoms with E-state index in [1.807, 2.05) is 0 Å². The molecule has 0 aromatic rings. The largest absolute Gasteiger partial charge is 0.466 e. The number of esters is 3. The van der Waals surface area contributed by atoms with Gasteiger partial charge in [0.2, 0.25) is 0 Å². The van der Waals surface area contributed by atoms with Crippen molar-refractivity contribution >= 4 is 17.9 Å². The van der Waals surface area contributed by atoms with Gasteiger partial charge in [0, 0.05) is 6.08 Å². The predicted molar refractivity (Wildman–Crippen MR) is 42.5 cm³/mol. The van der Waals surface area contributed by atoms with Crippen LogP contribution in [-0.2, 0) is 23.9 Å². The van der Waals surface area contributed by atoms with Crippen LogP contribution in [-0.4, -0.2) is 25.0 Å². The van der Waals surface area contributed by atoms with Gasteiger partial charge in [-0.1, -0.05) is 6.58 Å². The van der Waals surface area contributed by atoms with Gasteiger partial charge in [-0.15, -0.1) is 0 Å². The second kappa shape index (κ2) is 5.93. The fraction of sp³-hybridized carbons (Fsp3) is 0.375. The number of methoxy groups -OCH3 is 1. The monoisotopic (exact) mass is 186 g/mol. The minimum Gasteiger partial charge on any atom is -0.466 e. The molecule has 0 aromatic carbocycles. The van der Waals surface area contributed by atoms with Crippen LogP contribution in [0.1, 0.15) is 12.8 Å². The van der Waals surface area contributed by atoms with Crippen molar-refractivity contribution in [2.45, 2.75) is 12.8 Å². The van der Waals surface area contributed by atoms with Crippen LogP contribution in [0.4, 0.5) is 0 Å². The summed E-state index contributed by atoms with van der Waals surface area (Å²) in [4.78, 5) is 29.9. The molecule has 1 aliphatic heterocycles. The summed E-state index contributed by atoms with van der Waals surface area (Å²) in [6, 6.07) is 0. The molecule has 0 aliphatic carbocycles. The molecule has 0 spiro atoms. The van der Waals surface area contributed by atoms with E-state index in [0.29, 0.717) is 0 Å². The van der Waals surface area contributed by atoms with Crippen LogP contribution in [0.15, 0.2) is 12.7 Å². The third-order valence-electron chi connectivity index (χ3n) is 1.13. The Morgan fingerprint density at radius 3 is 2.00 bits per heavy atom. The zero-order valence-corrected chi connectivity index (χ0v) is 7.24. The van der Waals surface area contributed by atoms with Crippen molar-refractivity contribution in [2.75, 3.05) is 7.11 Å². The van der Waals surface area contributed by atoms with E-state index in [1.165, 1.54) is 7.11 Å². The molecule has 0 atom stereocenters. The van der Waals surface area contributed by atoms with Crippen molar-refractivity contribution in [2.24, 2.45) is 0 Å². The Kier molecular flexibility index (Phi) is 5.18. The van der Waals surface area contributed by atoms with Crippen molar-refractivity contribution in [3.05, 3.63) is 12.7 Å². The number of carbonyl (C=O) groups excluding carboxylic acids is 3. The Hall–Kier alpha value is -1.65. The van der Waals surface area contributed by atoms with Gasteiger partial charge in [-0.3, -0.25) is 9.59 Å². The molecule has 1 rings (SSSR count). The number of hydrogen-bond acceptors (Lipinski definition) is 5. The molecule has 5 nitrogen and oxygen atoms in total. The van der Waals surface area contributed by atoms with Gasteiger partial charge in [-0.05, 0) is 0 Å². The summed E-state index contributed by atoms with van der Waals surface area (Å²) >= 11 is 0. The van der Waals surface area contributed by atoms with Gasteiger partial charge in [0.05, 0.1) is 20.0 Å². The van der Waals surface area contributed by atoms with Gasteiger partial charge in [0.25, 0.3) is 0 Å². The van der Waals surface area contributed by atoms with E-state index in [1.54, 1.807) is 0 Å². The molecular formula is C8H10O5. The van der Waals surface area contributed by atoms with Gasteiger partial charge in [-0.25, -0.2) is 4.79 Å². The van der Waals surface area contributed by atoms with E-state index in [9.17, 15) is 14.4 Å². The summed E-state index contributed by atoms with van der Waals surface area (Å²) in [5.74, 6) is -1.19. The molecule has 0 N–H and O–H groups in total. The molecule has 1 saturated heterocycles. The third-order valence-corrected chi connectivity index (χ3v) is 1.13. The van der Waals surface area contributed by atoms with E-state index in [-0.39, 0.29) is 12.8 Å². The SMILES string of the molecule is C=CC(=O)OC.O=C1CCC(=O)O1. The normalized spacial score (nSPS) is 13.9. The molecule has 1 aliphatic rings. The Bertz CT molecular complexity index is 217. The molecule has 0 bridgehead atoms. The van der Waals surface area contributed by atoms with Crippen LogP contribution < -0.4 is 0 Å². The van der Waals surface area contributed by atoms with Crippen molar-refractivity contribution in [1.29, 1.82) is 0 Å². The highest BCUT2D eigenvalue weighted by molar-refractivity contribution is 5.92. The molecule has 1 heterocycles. The van der Waals surface area contributed by atoms with Crippen molar-refractivity contribution in [3.63, 3.8) is 0 Å². The van der Waals surface area contributed by atoms with Crippen LogP contribution in [0.2, 0.25) is 0 Å². The maximum absolute atomic E-state index is 10.0. The summed E-state index contributed by atoms with van der Waals surface area (Å²) in [6.45, 7) is 3.16. The summed E-state index contributed by atoms with van der Waals surface area (Å²) in [6.07, 6.45) is 1.64. The Labute approximate surface area is 75.3 Å². The lowest BCUT2D eigenvalue weighted by atomic mass is 10.4. The second-order valence-corrected chi connectivity index (χ2v) is 2.07. The third kappa shape index (κ3) is 5.60. The van der Waals surface area contributed by atoms with Gasteiger partial charge in [0.1, 0.15) is 0 Å². The molecule has 72 valence electrons. The molecule has 5 heteroatoms. The second-order valence-electron chi connectivity index (χ2n) is 2.07. The smallest absolute Gasteiger partial charge is 0.329 e. The first-order valence-corrected chi connectivity index (χ1v) is 3.54. The Morgan fingerprint density at radius 1 is 1.46 bits per heavy atom. The number of cyclic esters (lactones) is 2. The Morgan fingerprint density at radius 2 is 1.92 bits per heavy atom. The number of carbonyl (C=O) groups is 3. The van der Waals surface area contributed by atoms with E-state index in [0.717, 1.165) is 6.08 Å². The predicted octanol–water partition coefficient (Wildman–Crippen LogP) is 0.195.